The zero-order valence-electron chi connectivity index (χ0n) is 15.6. The second-order valence-corrected chi connectivity index (χ2v) is 5.72. The van der Waals surface area contributed by atoms with Crippen molar-refractivity contribution in [3.05, 3.63) is 65.7 Å². The van der Waals surface area contributed by atoms with Gasteiger partial charge in [-0.15, -0.1) is 24.0 Å². The minimum absolute atomic E-state index is 0. The minimum Gasteiger partial charge on any atom is -0.497 e. The number of nitrogens with zero attached hydrogens (tertiary/aromatic N) is 2. The number of halogens is 1. The summed E-state index contributed by atoms with van der Waals surface area (Å²) in [5, 5.41) is 3.32. The molecule has 26 heavy (non-hydrogen) atoms. The van der Waals surface area contributed by atoms with Crippen LogP contribution in [0.4, 0.5) is 0 Å². The molecule has 0 aliphatic heterocycles. The quantitative estimate of drug-likeness (QED) is 0.278. The van der Waals surface area contributed by atoms with Crippen LogP contribution >= 0.6 is 24.0 Å². The Morgan fingerprint density at radius 1 is 1.04 bits per heavy atom. The van der Waals surface area contributed by atoms with Crippen LogP contribution in [-0.2, 0) is 17.9 Å². The molecule has 0 radical (unpaired) electrons. The van der Waals surface area contributed by atoms with Gasteiger partial charge in [0.2, 0.25) is 0 Å². The van der Waals surface area contributed by atoms with Crippen molar-refractivity contribution in [2.24, 2.45) is 4.99 Å². The lowest BCUT2D eigenvalue weighted by Crippen LogP contribution is -2.39. The Kier molecular flexibility index (Phi) is 10.7. The summed E-state index contributed by atoms with van der Waals surface area (Å²) in [7, 11) is 5.48. The second kappa shape index (κ2) is 12.5. The normalized spacial score (nSPS) is 10.8. The van der Waals surface area contributed by atoms with E-state index in [1.807, 2.05) is 37.4 Å². The molecule has 0 amide bonds. The van der Waals surface area contributed by atoms with Crippen LogP contribution < -0.4 is 10.1 Å². The first-order valence-corrected chi connectivity index (χ1v) is 8.39. The highest BCUT2D eigenvalue weighted by Crippen LogP contribution is 2.12. The summed E-state index contributed by atoms with van der Waals surface area (Å²) in [6.07, 6.45) is 0. The molecular weight excluding hydrogens is 441 g/mol. The number of methoxy groups -OCH3 is 1. The first-order valence-electron chi connectivity index (χ1n) is 8.39. The molecule has 0 saturated carbocycles. The average molecular weight is 469 g/mol. The molecule has 0 atom stereocenters. The van der Waals surface area contributed by atoms with Crippen LogP contribution in [0.1, 0.15) is 11.1 Å². The molecule has 0 unspecified atom stereocenters. The molecule has 0 spiro atoms. The third-order valence-corrected chi connectivity index (χ3v) is 3.79. The number of aliphatic imine (C=N–C) groups is 1. The zero-order valence-corrected chi connectivity index (χ0v) is 18.0. The molecule has 0 heterocycles. The Morgan fingerprint density at radius 3 is 2.35 bits per heavy atom. The average Bonchev–Trinajstić information content (AvgIpc) is 2.66. The van der Waals surface area contributed by atoms with Crippen molar-refractivity contribution < 1.29 is 9.47 Å². The number of hydrogen-bond donors (Lipinski definition) is 1. The summed E-state index contributed by atoms with van der Waals surface area (Å²) >= 11 is 0. The smallest absolute Gasteiger partial charge is 0.193 e. The monoisotopic (exact) mass is 469 g/mol. The Hall–Kier alpha value is -1.80. The standard InChI is InChI=1S/C20H27N3O2.HI/c1-21-20(22-13-14-25-16-18-7-5-4-6-8-18)23(2)15-17-9-11-19(24-3)12-10-17;/h4-12H,13-16H2,1-3H3,(H,21,22);1H. The fourth-order valence-corrected chi connectivity index (χ4v) is 2.46. The summed E-state index contributed by atoms with van der Waals surface area (Å²) in [5.74, 6) is 1.71. The molecule has 0 aliphatic carbocycles. The van der Waals surface area contributed by atoms with Gasteiger partial charge >= 0.3 is 0 Å². The van der Waals surface area contributed by atoms with Crippen LogP contribution in [0.15, 0.2) is 59.6 Å². The molecular formula is C20H28IN3O2. The maximum absolute atomic E-state index is 5.69. The van der Waals surface area contributed by atoms with E-state index < -0.39 is 0 Å². The summed E-state index contributed by atoms with van der Waals surface area (Å²) in [4.78, 5) is 6.41. The zero-order chi connectivity index (χ0) is 17.9. The lowest BCUT2D eigenvalue weighted by Gasteiger charge is -2.22. The van der Waals surface area contributed by atoms with E-state index in [1.54, 1.807) is 14.2 Å². The fraction of sp³-hybridized carbons (Fsp3) is 0.350. The van der Waals surface area contributed by atoms with Crippen molar-refractivity contribution in [3.8, 4) is 5.75 Å². The van der Waals surface area contributed by atoms with Gasteiger partial charge in [-0.3, -0.25) is 4.99 Å². The fourth-order valence-electron chi connectivity index (χ4n) is 2.46. The van der Waals surface area contributed by atoms with Gasteiger partial charge in [0, 0.05) is 27.2 Å². The van der Waals surface area contributed by atoms with Crippen LogP contribution in [0, 0.1) is 0 Å². The van der Waals surface area contributed by atoms with E-state index in [1.165, 1.54) is 11.1 Å². The van der Waals surface area contributed by atoms with E-state index in [9.17, 15) is 0 Å². The molecule has 1 N–H and O–H groups in total. The topological polar surface area (TPSA) is 46.1 Å². The molecule has 0 fully saturated rings. The molecule has 0 aromatic heterocycles. The molecule has 142 valence electrons. The van der Waals surface area contributed by atoms with E-state index in [4.69, 9.17) is 9.47 Å². The van der Waals surface area contributed by atoms with Crippen LogP contribution in [0.3, 0.4) is 0 Å². The van der Waals surface area contributed by atoms with Gasteiger partial charge in [-0.2, -0.15) is 0 Å². The molecule has 2 aromatic carbocycles. The predicted molar refractivity (Wildman–Crippen MR) is 117 cm³/mol. The van der Waals surface area contributed by atoms with Gasteiger partial charge in [0.15, 0.2) is 5.96 Å². The Balaban J connectivity index is 0.00000338. The van der Waals surface area contributed by atoms with E-state index in [0.29, 0.717) is 19.8 Å². The third-order valence-electron chi connectivity index (χ3n) is 3.79. The Bertz CT molecular complexity index is 648. The van der Waals surface area contributed by atoms with Crippen LogP contribution in [0.2, 0.25) is 0 Å². The number of benzene rings is 2. The number of hydrogen-bond acceptors (Lipinski definition) is 3. The third kappa shape index (κ3) is 7.61. The SMILES string of the molecule is CN=C(NCCOCc1ccccc1)N(C)Cc1ccc(OC)cc1.I. The maximum Gasteiger partial charge on any atom is 0.193 e. The second-order valence-electron chi connectivity index (χ2n) is 5.72. The van der Waals surface area contributed by atoms with E-state index in [0.717, 1.165) is 18.3 Å². The van der Waals surface area contributed by atoms with E-state index in [-0.39, 0.29) is 24.0 Å². The van der Waals surface area contributed by atoms with Gasteiger partial charge in [-0.05, 0) is 23.3 Å². The number of ether oxygens (including phenoxy) is 2. The molecule has 0 aliphatic rings. The highest BCUT2D eigenvalue weighted by atomic mass is 127. The van der Waals surface area contributed by atoms with Gasteiger partial charge in [-0.25, -0.2) is 0 Å². The lowest BCUT2D eigenvalue weighted by molar-refractivity contribution is 0.125. The van der Waals surface area contributed by atoms with Crippen molar-refractivity contribution in [1.82, 2.24) is 10.2 Å². The highest BCUT2D eigenvalue weighted by molar-refractivity contribution is 14.0. The summed E-state index contributed by atoms with van der Waals surface area (Å²) in [6, 6.07) is 18.2. The van der Waals surface area contributed by atoms with Gasteiger partial charge < -0.3 is 19.7 Å². The Morgan fingerprint density at radius 2 is 1.73 bits per heavy atom. The minimum atomic E-state index is 0. The predicted octanol–water partition coefficient (Wildman–Crippen LogP) is 3.54. The number of rotatable bonds is 8. The van der Waals surface area contributed by atoms with E-state index >= 15 is 0 Å². The van der Waals surface area contributed by atoms with Gasteiger partial charge in [-0.1, -0.05) is 42.5 Å². The first-order chi connectivity index (χ1) is 12.2. The molecule has 0 bridgehead atoms. The maximum atomic E-state index is 5.69. The molecule has 5 nitrogen and oxygen atoms in total. The van der Waals surface area contributed by atoms with Crippen LogP contribution in [-0.4, -0.2) is 45.2 Å². The van der Waals surface area contributed by atoms with Crippen molar-refractivity contribution in [2.75, 3.05) is 34.4 Å². The first kappa shape index (κ1) is 22.2. The summed E-state index contributed by atoms with van der Waals surface area (Å²) in [5.41, 5.74) is 2.38. The molecule has 2 aromatic rings. The van der Waals surface area contributed by atoms with Crippen molar-refractivity contribution in [1.29, 1.82) is 0 Å². The summed E-state index contributed by atoms with van der Waals surface area (Å²) in [6.45, 7) is 2.74. The van der Waals surface area contributed by atoms with Gasteiger partial charge in [0.25, 0.3) is 0 Å². The van der Waals surface area contributed by atoms with Crippen molar-refractivity contribution >= 4 is 29.9 Å². The Labute approximate surface area is 173 Å². The summed E-state index contributed by atoms with van der Waals surface area (Å²) < 4.78 is 10.9. The van der Waals surface area contributed by atoms with Gasteiger partial charge in [0.1, 0.15) is 5.75 Å². The largest absolute Gasteiger partial charge is 0.497 e. The lowest BCUT2D eigenvalue weighted by atomic mass is 10.2. The highest BCUT2D eigenvalue weighted by Gasteiger charge is 2.06. The van der Waals surface area contributed by atoms with Crippen molar-refractivity contribution in [2.45, 2.75) is 13.2 Å². The molecule has 0 saturated heterocycles. The van der Waals surface area contributed by atoms with Crippen molar-refractivity contribution in [3.63, 3.8) is 0 Å². The number of nitrogens with one attached hydrogen (secondary N) is 1. The van der Waals surface area contributed by atoms with Gasteiger partial charge in [0.05, 0.1) is 20.3 Å². The molecule has 6 heteroatoms. The number of guanidine groups is 1. The molecule has 2 rings (SSSR count). The van der Waals surface area contributed by atoms with E-state index in [2.05, 4.69) is 39.5 Å². The van der Waals surface area contributed by atoms with Crippen LogP contribution in [0.5, 0.6) is 5.75 Å². The van der Waals surface area contributed by atoms with Crippen LogP contribution in [0.25, 0.3) is 0 Å².